The molecule has 1 heterocycles. The maximum Gasteiger partial charge on any atom is 0.408 e. The number of carbonyl (C=O) groups is 2. The number of rotatable bonds is 9. The SMILES string of the molecule is CCc1cc(=O)oc2cc(OC(=O)C(CCSC)NC(=O)OCc3ccccc3)ccc12. The number of thioether (sulfide) groups is 1. The van der Waals surface area contributed by atoms with Crippen molar-refractivity contribution in [2.24, 2.45) is 0 Å². The number of carbonyl (C=O) groups excluding carboxylic acids is 2. The van der Waals surface area contributed by atoms with Crippen LogP contribution >= 0.6 is 11.8 Å². The van der Waals surface area contributed by atoms with E-state index < -0.39 is 23.7 Å². The maximum absolute atomic E-state index is 12.8. The molecule has 0 aliphatic carbocycles. The molecular weight excluding hydrogens is 430 g/mol. The van der Waals surface area contributed by atoms with Crippen molar-refractivity contribution in [3.8, 4) is 5.75 Å². The minimum atomic E-state index is -0.879. The second kappa shape index (κ2) is 11.4. The van der Waals surface area contributed by atoms with Gasteiger partial charge in [0.2, 0.25) is 0 Å². The highest BCUT2D eigenvalue weighted by atomic mass is 32.2. The van der Waals surface area contributed by atoms with E-state index in [1.54, 1.807) is 23.9 Å². The number of amides is 1. The lowest BCUT2D eigenvalue weighted by molar-refractivity contribution is -0.136. The molecule has 1 aromatic heterocycles. The first-order chi connectivity index (χ1) is 15.5. The van der Waals surface area contributed by atoms with E-state index in [2.05, 4.69) is 5.32 Å². The van der Waals surface area contributed by atoms with Gasteiger partial charge in [-0.25, -0.2) is 14.4 Å². The fourth-order valence-electron chi connectivity index (χ4n) is 3.15. The van der Waals surface area contributed by atoms with Gasteiger partial charge in [-0.1, -0.05) is 37.3 Å². The monoisotopic (exact) mass is 455 g/mol. The molecule has 0 radical (unpaired) electrons. The van der Waals surface area contributed by atoms with E-state index in [4.69, 9.17) is 13.9 Å². The molecule has 0 fully saturated rings. The summed E-state index contributed by atoms with van der Waals surface area (Å²) in [5, 5.41) is 3.37. The molecule has 3 aromatic rings. The van der Waals surface area contributed by atoms with Gasteiger partial charge >= 0.3 is 17.7 Å². The average molecular weight is 456 g/mol. The van der Waals surface area contributed by atoms with Crippen molar-refractivity contribution in [1.29, 1.82) is 0 Å². The van der Waals surface area contributed by atoms with Crippen LogP contribution in [0.2, 0.25) is 0 Å². The van der Waals surface area contributed by atoms with Crippen molar-refractivity contribution in [1.82, 2.24) is 5.32 Å². The molecule has 0 aliphatic heterocycles. The smallest absolute Gasteiger partial charge is 0.408 e. The predicted octanol–water partition coefficient (Wildman–Crippen LogP) is 4.31. The van der Waals surface area contributed by atoms with Crippen LogP contribution in [-0.4, -0.2) is 30.1 Å². The summed E-state index contributed by atoms with van der Waals surface area (Å²) in [6.07, 6.45) is 2.26. The Bertz CT molecular complexity index is 1130. The van der Waals surface area contributed by atoms with Crippen molar-refractivity contribution in [3.63, 3.8) is 0 Å². The summed E-state index contributed by atoms with van der Waals surface area (Å²) in [7, 11) is 0. The fourth-order valence-corrected chi connectivity index (χ4v) is 3.62. The van der Waals surface area contributed by atoms with Crippen LogP contribution in [0.4, 0.5) is 4.79 Å². The minimum Gasteiger partial charge on any atom is -0.445 e. The molecule has 0 saturated heterocycles. The number of ether oxygens (including phenoxy) is 2. The van der Waals surface area contributed by atoms with Gasteiger partial charge in [-0.05, 0) is 48.1 Å². The van der Waals surface area contributed by atoms with Gasteiger partial charge in [-0.15, -0.1) is 0 Å². The summed E-state index contributed by atoms with van der Waals surface area (Å²) in [6.45, 7) is 2.04. The molecule has 2 aromatic carbocycles. The van der Waals surface area contributed by atoms with Crippen molar-refractivity contribution in [2.45, 2.75) is 32.4 Å². The van der Waals surface area contributed by atoms with Crippen LogP contribution in [0.25, 0.3) is 11.0 Å². The Balaban J connectivity index is 1.68. The predicted molar refractivity (Wildman–Crippen MR) is 124 cm³/mol. The lowest BCUT2D eigenvalue weighted by atomic mass is 10.1. The Kier molecular flexibility index (Phi) is 8.33. The number of nitrogens with one attached hydrogen (secondary N) is 1. The van der Waals surface area contributed by atoms with Crippen LogP contribution in [-0.2, 0) is 22.6 Å². The van der Waals surface area contributed by atoms with Crippen molar-refractivity contribution in [2.75, 3.05) is 12.0 Å². The van der Waals surface area contributed by atoms with Gasteiger partial charge in [0.15, 0.2) is 0 Å². The van der Waals surface area contributed by atoms with Crippen LogP contribution < -0.4 is 15.7 Å². The lowest BCUT2D eigenvalue weighted by Crippen LogP contribution is -2.43. The van der Waals surface area contributed by atoms with Gasteiger partial charge in [0.25, 0.3) is 0 Å². The molecule has 1 N–H and O–H groups in total. The van der Waals surface area contributed by atoms with Crippen molar-refractivity contribution >= 4 is 34.8 Å². The van der Waals surface area contributed by atoms with Crippen molar-refractivity contribution < 1.29 is 23.5 Å². The van der Waals surface area contributed by atoms with E-state index in [1.165, 1.54) is 12.1 Å². The normalized spacial score (nSPS) is 11.7. The van der Waals surface area contributed by atoms with E-state index in [-0.39, 0.29) is 12.4 Å². The molecule has 1 unspecified atom stereocenters. The first-order valence-corrected chi connectivity index (χ1v) is 11.6. The maximum atomic E-state index is 12.8. The number of benzene rings is 2. The third-order valence-electron chi connectivity index (χ3n) is 4.80. The third kappa shape index (κ3) is 6.37. The molecule has 3 rings (SSSR count). The number of hydrogen-bond donors (Lipinski definition) is 1. The number of fused-ring (bicyclic) bond motifs is 1. The van der Waals surface area contributed by atoms with Crippen LogP contribution in [0.1, 0.15) is 24.5 Å². The molecule has 7 nitrogen and oxygen atoms in total. The zero-order chi connectivity index (χ0) is 22.9. The Morgan fingerprint density at radius 1 is 1.12 bits per heavy atom. The summed E-state index contributed by atoms with van der Waals surface area (Å²) in [5.41, 5.74) is 1.58. The largest absolute Gasteiger partial charge is 0.445 e. The summed E-state index contributed by atoms with van der Waals surface area (Å²) in [6, 6.07) is 14.7. The van der Waals surface area contributed by atoms with E-state index in [0.717, 1.165) is 16.5 Å². The van der Waals surface area contributed by atoms with Crippen LogP contribution in [0.15, 0.2) is 63.8 Å². The number of aryl methyl sites for hydroxylation is 1. The molecule has 0 saturated carbocycles. The Morgan fingerprint density at radius 2 is 1.91 bits per heavy atom. The van der Waals surface area contributed by atoms with Crippen molar-refractivity contribution in [3.05, 3.63) is 76.1 Å². The van der Waals surface area contributed by atoms with Gasteiger partial charge in [0.05, 0.1) is 0 Å². The van der Waals surface area contributed by atoms with Gasteiger partial charge in [-0.2, -0.15) is 11.8 Å². The zero-order valence-corrected chi connectivity index (χ0v) is 18.8. The number of hydrogen-bond acceptors (Lipinski definition) is 7. The van der Waals surface area contributed by atoms with Gasteiger partial charge < -0.3 is 19.2 Å². The molecule has 1 atom stereocenters. The van der Waals surface area contributed by atoms with E-state index >= 15 is 0 Å². The summed E-state index contributed by atoms with van der Waals surface area (Å²) in [4.78, 5) is 36.8. The highest BCUT2D eigenvalue weighted by Crippen LogP contribution is 2.23. The molecule has 0 aliphatic rings. The molecule has 1 amide bonds. The summed E-state index contributed by atoms with van der Waals surface area (Å²) >= 11 is 1.55. The molecule has 8 heteroatoms. The summed E-state index contributed by atoms with van der Waals surface area (Å²) in [5.74, 6) is 0.252. The molecular formula is C24H25NO6S. The van der Waals surface area contributed by atoms with E-state index in [9.17, 15) is 14.4 Å². The van der Waals surface area contributed by atoms with Crippen LogP contribution in [0, 0.1) is 0 Å². The standard InChI is InChI=1S/C24H25NO6S/c1-3-17-13-22(26)31-21-14-18(9-10-19(17)21)30-23(27)20(11-12-32-2)25-24(28)29-15-16-7-5-4-6-8-16/h4-10,13-14,20H,3,11-12,15H2,1-2H3,(H,25,28). The van der Waals surface area contributed by atoms with Gasteiger partial charge in [0, 0.05) is 17.5 Å². The Hall–Kier alpha value is -3.26. The lowest BCUT2D eigenvalue weighted by Gasteiger charge is -2.17. The second-order valence-corrected chi connectivity index (χ2v) is 8.05. The first kappa shape index (κ1) is 23.4. The summed E-state index contributed by atoms with van der Waals surface area (Å²) < 4.78 is 15.9. The number of alkyl carbamates (subject to hydrolysis) is 1. The van der Waals surface area contributed by atoms with Gasteiger partial charge in [-0.3, -0.25) is 0 Å². The number of esters is 1. The Labute approximate surface area is 190 Å². The first-order valence-electron chi connectivity index (χ1n) is 10.2. The minimum absolute atomic E-state index is 0.0977. The van der Waals surface area contributed by atoms with E-state index in [1.807, 2.05) is 43.5 Å². The second-order valence-electron chi connectivity index (χ2n) is 7.06. The quantitative estimate of drug-likeness (QED) is 0.292. The van der Waals surface area contributed by atoms with Crippen LogP contribution in [0.5, 0.6) is 5.75 Å². The highest BCUT2D eigenvalue weighted by Gasteiger charge is 2.23. The zero-order valence-electron chi connectivity index (χ0n) is 18.0. The fraction of sp³-hybridized carbons (Fsp3) is 0.292. The third-order valence-corrected chi connectivity index (χ3v) is 5.44. The van der Waals surface area contributed by atoms with Crippen LogP contribution in [0.3, 0.4) is 0 Å². The Morgan fingerprint density at radius 3 is 2.62 bits per heavy atom. The highest BCUT2D eigenvalue weighted by molar-refractivity contribution is 7.98. The average Bonchev–Trinajstić information content (AvgIpc) is 2.80. The molecule has 32 heavy (non-hydrogen) atoms. The topological polar surface area (TPSA) is 94.8 Å². The van der Waals surface area contributed by atoms with E-state index in [0.29, 0.717) is 24.2 Å². The molecule has 0 bridgehead atoms. The molecule has 168 valence electrons. The molecule has 0 spiro atoms. The van der Waals surface area contributed by atoms with Gasteiger partial charge in [0.1, 0.15) is 24.0 Å².